The molecule has 1 rings (SSSR count). The van der Waals surface area contributed by atoms with E-state index in [2.05, 4.69) is 9.47 Å². The monoisotopic (exact) mass is 116 g/mol. The molecule has 0 unspecified atom stereocenters. The summed E-state index contributed by atoms with van der Waals surface area (Å²) >= 11 is 0. The fourth-order valence-corrected chi connectivity index (χ4v) is 0.382. The number of hydrogen-bond acceptors (Lipinski definition) is 4. The quantitative estimate of drug-likeness (QED) is 0.332. The molecule has 1 aliphatic rings. The number of esters is 1. The molecule has 0 aromatic rings. The van der Waals surface area contributed by atoms with Gasteiger partial charge in [-0.1, -0.05) is 0 Å². The summed E-state index contributed by atoms with van der Waals surface area (Å²) in [6.07, 6.45) is -1.62. The van der Waals surface area contributed by atoms with Crippen LogP contribution in [0.4, 0.5) is 4.79 Å². The molecule has 0 spiro atoms. The molecule has 0 N–H and O–H groups in total. The van der Waals surface area contributed by atoms with Crippen molar-refractivity contribution in [3.05, 3.63) is 0 Å². The fraction of sp³-hybridized carbons (Fsp3) is 0.500. The number of hydrogen-bond donors (Lipinski definition) is 0. The predicted octanol–water partition coefficient (Wildman–Crippen LogP) is 0.0683. The predicted molar refractivity (Wildman–Crippen MR) is 22.0 cm³/mol. The molecule has 0 amide bonds. The smallest absolute Gasteiger partial charge is 0.419 e. The second-order valence-corrected chi connectivity index (χ2v) is 1.43. The van der Waals surface area contributed by atoms with E-state index >= 15 is 0 Å². The Kier molecular flexibility index (Phi) is 0.932. The van der Waals surface area contributed by atoms with Gasteiger partial charge in [-0.15, -0.1) is 0 Å². The summed E-state index contributed by atoms with van der Waals surface area (Å²) in [5.41, 5.74) is 0. The minimum Gasteiger partial charge on any atom is -0.419 e. The third kappa shape index (κ3) is 0.641. The molecule has 0 aromatic heterocycles. The van der Waals surface area contributed by atoms with Gasteiger partial charge in [-0.2, -0.15) is 0 Å². The average molecular weight is 116 g/mol. The van der Waals surface area contributed by atoms with Gasteiger partial charge < -0.3 is 9.47 Å². The van der Waals surface area contributed by atoms with Crippen LogP contribution >= 0.6 is 0 Å². The van der Waals surface area contributed by atoms with E-state index in [0.717, 1.165) is 0 Å². The number of rotatable bonds is 0. The van der Waals surface area contributed by atoms with E-state index in [-0.39, 0.29) is 0 Å². The first-order chi connectivity index (χ1) is 3.70. The van der Waals surface area contributed by atoms with Crippen molar-refractivity contribution in [2.24, 2.45) is 0 Å². The van der Waals surface area contributed by atoms with E-state index in [9.17, 15) is 9.59 Å². The van der Waals surface area contributed by atoms with Crippen LogP contribution < -0.4 is 0 Å². The number of ether oxygens (including phenoxy) is 2. The lowest BCUT2D eigenvalue weighted by atomic mass is 10.4. The zero-order chi connectivity index (χ0) is 6.15. The van der Waals surface area contributed by atoms with Gasteiger partial charge >= 0.3 is 12.1 Å². The van der Waals surface area contributed by atoms with Crippen LogP contribution in [0.3, 0.4) is 0 Å². The molecule has 8 heavy (non-hydrogen) atoms. The SMILES string of the molecule is C[C@H]1OC(=O)OC1=O. The van der Waals surface area contributed by atoms with Gasteiger partial charge in [-0.05, 0) is 6.92 Å². The van der Waals surface area contributed by atoms with Crippen molar-refractivity contribution >= 4 is 12.1 Å². The molecule has 44 valence electrons. The normalized spacial score (nSPS) is 27.4. The van der Waals surface area contributed by atoms with Crippen LogP contribution in [-0.2, 0) is 14.3 Å². The van der Waals surface area contributed by atoms with E-state index in [0.29, 0.717) is 0 Å². The Bertz CT molecular complexity index is 139. The largest absolute Gasteiger partial charge is 0.517 e. The summed E-state index contributed by atoms with van der Waals surface area (Å²) in [5.74, 6) is -0.616. The highest BCUT2D eigenvalue weighted by Crippen LogP contribution is 2.05. The fourth-order valence-electron chi connectivity index (χ4n) is 0.382. The summed E-state index contributed by atoms with van der Waals surface area (Å²) < 4.78 is 8.24. The summed E-state index contributed by atoms with van der Waals surface area (Å²) in [4.78, 5) is 20.2. The van der Waals surface area contributed by atoms with E-state index in [1.165, 1.54) is 6.92 Å². The number of carbonyl (C=O) groups is 2. The van der Waals surface area contributed by atoms with Crippen LogP contribution in [0.25, 0.3) is 0 Å². The summed E-state index contributed by atoms with van der Waals surface area (Å²) in [5, 5.41) is 0. The lowest BCUT2D eigenvalue weighted by Gasteiger charge is -1.88. The molecule has 4 nitrogen and oxygen atoms in total. The Morgan fingerprint density at radius 2 is 2.12 bits per heavy atom. The van der Waals surface area contributed by atoms with E-state index in [4.69, 9.17) is 0 Å². The maximum Gasteiger partial charge on any atom is 0.517 e. The van der Waals surface area contributed by atoms with Crippen molar-refractivity contribution in [1.82, 2.24) is 0 Å². The number of carbonyl (C=O) groups excluding carboxylic acids is 2. The zero-order valence-corrected chi connectivity index (χ0v) is 4.21. The molecule has 0 radical (unpaired) electrons. The molecule has 1 saturated heterocycles. The highest BCUT2D eigenvalue weighted by Gasteiger charge is 2.30. The third-order valence-corrected chi connectivity index (χ3v) is 0.789. The van der Waals surface area contributed by atoms with Gasteiger partial charge in [0.05, 0.1) is 0 Å². The van der Waals surface area contributed by atoms with Crippen molar-refractivity contribution < 1.29 is 19.1 Å². The Labute approximate surface area is 45.4 Å². The lowest BCUT2D eigenvalue weighted by molar-refractivity contribution is -0.136. The third-order valence-electron chi connectivity index (χ3n) is 0.789. The zero-order valence-electron chi connectivity index (χ0n) is 4.21. The molecule has 0 aliphatic carbocycles. The van der Waals surface area contributed by atoms with Gasteiger partial charge in [-0.25, -0.2) is 9.59 Å². The van der Waals surface area contributed by atoms with Crippen LogP contribution in [-0.4, -0.2) is 18.2 Å². The molecule has 1 fully saturated rings. The first-order valence-electron chi connectivity index (χ1n) is 2.12. The van der Waals surface area contributed by atoms with Gasteiger partial charge in [0.15, 0.2) is 6.10 Å². The topological polar surface area (TPSA) is 52.6 Å². The summed E-state index contributed by atoms with van der Waals surface area (Å²) in [6, 6.07) is 0. The molecule has 4 heteroatoms. The van der Waals surface area contributed by atoms with Crippen LogP contribution in [0, 0.1) is 0 Å². The van der Waals surface area contributed by atoms with Crippen molar-refractivity contribution in [1.29, 1.82) is 0 Å². The lowest BCUT2D eigenvalue weighted by Crippen LogP contribution is -2.09. The molecule has 1 atom stereocenters. The maximum atomic E-state index is 10.2. The Hall–Kier alpha value is -1.06. The van der Waals surface area contributed by atoms with Gasteiger partial charge in [0.25, 0.3) is 0 Å². The molecular formula is C4H4O4. The van der Waals surface area contributed by atoms with Crippen molar-refractivity contribution in [3.63, 3.8) is 0 Å². The second kappa shape index (κ2) is 1.47. The van der Waals surface area contributed by atoms with Crippen molar-refractivity contribution in [2.75, 3.05) is 0 Å². The van der Waals surface area contributed by atoms with Gasteiger partial charge in [-0.3, -0.25) is 0 Å². The van der Waals surface area contributed by atoms with Crippen molar-refractivity contribution in [2.45, 2.75) is 13.0 Å². The molecular weight excluding hydrogens is 112 g/mol. The van der Waals surface area contributed by atoms with Crippen LogP contribution in [0.1, 0.15) is 6.92 Å². The minimum absolute atomic E-state index is 0.616. The van der Waals surface area contributed by atoms with Crippen LogP contribution in [0.15, 0.2) is 0 Å². The maximum absolute atomic E-state index is 10.2. The second-order valence-electron chi connectivity index (χ2n) is 1.43. The van der Waals surface area contributed by atoms with Gasteiger partial charge in [0.2, 0.25) is 0 Å². The van der Waals surface area contributed by atoms with E-state index in [1.807, 2.05) is 0 Å². The molecule has 0 bridgehead atoms. The van der Waals surface area contributed by atoms with Gasteiger partial charge in [0.1, 0.15) is 0 Å². The van der Waals surface area contributed by atoms with E-state index < -0.39 is 18.2 Å². The Balaban J connectivity index is 2.64. The highest BCUT2D eigenvalue weighted by molar-refractivity contribution is 5.90. The molecule has 1 heterocycles. The molecule has 0 saturated carbocycles. The summed E-state index contributed by atoms with van der Waals surface area (Å²) in [7, 11) is 0. The Morgan fingerprint density at radius 3 is 2.25 bits per heavy atom. The van der Waals surface area contributed by atoms with E-state index in [1.54, 1.807) is 0 Å². The molecule has 1 aliphatic heterocycles. The molecule has 0 aromatic carbocycles. The minimum atomic E-state index is -0.900. The van der Waals surface area contributed by atoms with Crippen LogP contribution in [0.5, 0.6) is 0 Å². The number of cyclic esters (lactones) is 3. The average Bonchev–Trinajstić information content (AvgIpc) is 1.85. The standard InChI is InChI=1S/C4H4O4/c1-2-3(5)8-4(6)7-2/h2H,1H3/t2-/m1/s1. The van der Waals surface area contributed by atoms with Crippen molar-refractivity contribution in [3.8, 4) is 0 Å². The first kappa shape index (κ1) is 5.08. The first-order valence-corrected chi connectivity index (χ1v) is 2.12. The van der Waals surface area contributed by atoms with Crippen LogP contribution in [0.2, 0.25) is 0 Å². The Morgan fingerprint density at radius 1 is 1.50 bits per heavy atom. The van der Waals surface area contributed by atoms with Gasteiger partial charge in [0, 0.05) is 0 Å². The summed E-state index contributed by atoms with van der Waals surface area (Å²) in [6.45, 7) is 1.45. The highest BCUT2D eigenvalue weighted by atomic mass is 16.8.